The van der Waals surface area contributed by atoms with Crippen LogP contribution in [0.2, 0.25) is 0 Å². The van der Waals surface area contributed by atoms with Crippen LogP contribution in [0.5, 0.6) is 0 Å². The van der Waals surface area contributed by atoms with Crippen molar-refractivity contribution in [3.05, 3.63) is 0 Å². The summed E-state index contributed by atoms with van der Waals surface area (Å²) in [5.41, 5.74) is 0. The molecule has 0 saturated carbocycles. The third kappa shape index (κ3) is 33.5. The molecule has 384 valence electrons. The molecule has 6 N–H and O–H groups in total. The van der Waals surface area contributed by atoms with Gasteiger partial charge in [-0.2, -0.15) is 0 Å². The van der Waals surface area contributed by atoms with E-state index in [1.807, 2.05) is 0 Å². The van der Waals surface area contributed by atoms with Crippen molar-refractivity contribution in [3.8, 4) is 0 Å². The van der Waals surface area contributed by atoms with E-state index in [0.717, 1.165) is 64.2 Å². The molecule has 2 unspecified atom stereocenters. The quantitative estimate of drug-likeness (QED) is 0.0190. The van der Waals surface area contributed by atoms with Gasteiger partial charge in [0.15, 0.2) is 12.4 Å². The number of nitrogens with one attached hydrogen (secondary N) is 1. The Hall–Kier alpha value is -1.64. The minimum Gasteiger partial charge on any atom is -0.462 e. The Morgan fingerprint density at radius 3 is 1.45 bits per heavy atom. The first-order valence-corrected chi connectivity index (χ1v) is 27.9. The number of hydrogen-bond acceptors (Lipinski definition) is 11. The summed E-state index contributed by atoms with van der Waals surface area (Å²) >= 11 is 0. The summed E-state index contributed by atoms with van der Waals surface area (Å²) in [5.74, 6) is -2.04. The fourth-order valence-electron chi connectivity index (χ4n) is 8.64. The minimum absolute atomic E-state index is 0.222. The van der Waals surface area contributed by atoms with E-state index in [9.17, 15) is 44.1 Å². The number of phosphoric ester groups is 1. The Morgan fingerprint density at radius 2 is 1.02 bits per heavy atom. The summed E-state index contributed by atoms with van der Waals surface area (Å²) in [5, 5.41) is 34.4. The van der Waals surface area contributed by atoms with Crippen molar-refractivity contribution in [1.29, 1.82) is 0 Å². The van der Waals surface area contributed by atoms with Crippen molar-refractivity contribution in [1.82, 2.24) is 5.32 Å². The molecule has 0 radical (unpaired) electrons. The molecule has 65 heavy (non-hydrogen) atoms. The minimum atomic E-state index is -5.28. The number of aliphatic hydroxyl groups is 3. The molecule has 7 atom stereocenters. The van der Waals surface area contributed by atoms with E-state index in [2.05, 4.69) is 26.1 Å². The molecule has 1 heterocycles. The average Bonchev–Trinajstić information content (AvgIpc) is 3.25. The summed E-state index contributed by atoms with van der Waals surface area (Å²) in [6, 6.07) is -1.64. The molecule has 0 bridgehead atoms. The van der Waals surface area contributed by atoms with Crippen LogP contribution < -0.4 is 5.32 Å². The van der Waals surface area contributed by atoms with Crippen LogP contribution in [0.4, 0.5) is 0 Å². The largest absolute Gasteiger partial charge is 0.472 e. The van der Waals surface area contributed by atoms with Gasteiger partial charge < -0.3 is 44.6 Å². The van der Waals surface area contributed by atoms with Gasteiger partial charge >= 0.3 is 19.8 Å². The van der Waals surface area contributed by atoms with Crippen LogP contribution in [0.15, 0.2) is 0 Å². The summed E-state index contributed by atoms with van der Waals surface area (Å²) in [4.78, 5) is 59.5. The number of carbonyl (C=O) groups is 3. The van der Waals surface area contributed by atoms with E-state index in [0.29, 0.717) is 32.1 Å². The number of hydrogen-bond donors (Lipinski definition) is 6. The summed E-state index contributed by atoms with van der Waals surface area (Å²) < 4.78 is 33.9. The number of phosphoric acid groups is 1. The number of unbranched alkanes of at least 4 members (excludes halogenated alkanes) is 28. The molecular formula is C50H96NO13P. The topological polar surface area (TPSA) is 218 Å². The van der Waals surface area contributed by atoms with Gasteiger partial charge in [-0.05, 0) is 25.7 Å². The standard InChI is InChI=1S/C50H96NO13P/c1-4-7-10-13-16-19-20-21-22-25-28-31-34-37-45(55)61-42(36-33-30-27-24-18-15-12-9-6-3)39-44(54)51-47-49(48(57)43(40-52)62-50(47)64-65(58,59)60)63-46(56)38-41(53)35-32-29-26-23-17-14-11-8-5-2/h41-43,47-50,52-53,57H,4-40H2,1-3H3,(H,51,54)(H2,58,59,60)/t41?,42?,43-,47-,48-,49-,50-/m1/s1. The van der Waals surface area contributed by atoms with Crippen molar-refractivity contribution < 1.29 is 62.8 Å². The predicted molar refractivity (Wildman–Crippen MR) is 256 cm³/mol. The predicted octanol–water partition coefficient (Wildman–Crippen LogP) is 10.9. The van der Waals surface area contributed by atoms with Crippen molar-refractivity contribution in [2.24, 2.45) is 0 Å². The van der Waals surface area contributed by atoms with Crippen LogP contribution in [0.1, 0.15) is 252 Å². The zero-order chi connectivity index (χ0) is 48.0. The molecule has 1 fully saturated rings. The molecule has 0 aliphatic carbocycles. The Morgan fingerprint density at radius 1 is 0.600 bits per heavy atom. The maximum absolute atomic E-state index is 13.8. The average molecular weight is 950 g/mol. The highest BCUT2D eigenvalue weighted by molar-refractivity contribution is 7.46. The number of rotatable bonds is 44. The monoisotopic (exact) mass is 950 g/mol. The second-order valence-corrected chi connectivity index (χ2v) is 20.0. The van der Waals surface area contributed by atoms with Crippen molar-refractivity contribution >= 4 is 25.7 Å². The van der Waals surface area contributed by atoms with E-state index in [-0.39, 0.29) is 12.8 Å². The van der Waals surface area contributed by atoms with Gasteiger partial charge in [0.25, 0.3) is 0 Å². The zero-order valence-electron chi connectivity index (χ0n) is 41.2. The zero-order valence-corrected chi connectivity index (χ0v) is 42.0. The molecule has 0 aromatic rings. The van der Waals surface area contributed by atoms with Crippen molar-refractivity contribution in [2.45, 2.75) is 295 Å². The van der Waals surface area contributed by atoms with E-state index >= 15 is 0 Å². The van der Waals surface area contributed by atoms with Gasteiger partial charge in [0.1, 0.15) is 24.4 Å². The molecule has 0 aromatic carbocycles. The molecule has 15 heteroatoms. The van der Waals surface area contributed by atoms with E-state index in [1.54, 1.807) is 0 Å². The maximum Gasteiger partial charge on any atom is 0.472 e. The molecule has 1 rings (SSSR count). The molecule has 14 nitrogen and oxygen atoms in total. The Bertz CT molecular complexity index is 1220. The van der Waals surface area contributed by atoms with Gasteiger partial charge in [-0.15, -0.1) is 0 Å². The molecule has 1 aliphatic heterocycles. The number of ether oxygens (including phenoxy) is 3. The van der Waals surface area contributed by atoms with E-state index in [1.165, 1.54) is 116 Å². The van der Waals surface area contributed by atoms with Gasteiger partial charge in [-0.1, -0.05) is 207 Å². The second kappa shape index (κ2) is 40.3. The SMILES string of the molecule is CCCCCCCCCCCCCCCC(=O)OC(CCCCCCCCCCC)CC(=O)N[C@H]1[C@@H](OP(=O)(O)O)O[C@H](CO)[C@@H](O)[C@@H]1OC(=O)CC(O)CCCCCCCCCCC. The van der Waals surface area contributed by atoms with Crippen LogP contribution in [-0.2, 0) is 37.7 Å². The van der Waals surface area contributed by atoms with Gasteiger partial charge in [-0.3, -0.25) is 18.9 Å². The third-order valence-electron chi connectivity index (χ3n) is 12.6. The Kier molecular flexibility index (Phi) is 38.0. The van der Waals surface area contributed by atoms with Crippen LogP contribution in [0.3, 0.4) is 0 Å². The van der Waals surface area contributed by atoms with Crippen molar-refractivity contribution in [2.75, 3.05) is 6.61 Å². The summed E-state index contributed by atoms with van der Waals surface area (Å²) in [6.45, 7) is 5.79. The molecular weight excluding hydrogens is 854 g/mol. The van der Waals surface area contributed by atoms with E-state index < -0.39 is 81.5 Å². The molecule has 0 aromatic heterocycles. The highest BCUT2D eigenvalue weighted by Gasteiger charge is 2.50. The Labute approximate surface area is 394 Å². The molecule has 0 spiro atoms. The highest BCUT2D eigenvalue weighted by Crippen LogP contribution is 2.41. The first-order chi connectivity index (χ1) is 31.3. The maximum atomic E-state index is 13.8. The fourth-order valence-corrected chi connectivity index (χ4v) is 9.09. The smallest absolute Gasteiger partial charge is 0.462 e. The molecule has 1 amide bonds. The Balaban J connectivity index is 2.90. The van der Waals surface area contributed by atoms with Gasteiger partial charge in [0.2, 0.25) is 5.91 Å². The molecule has 1 aliphatic rings. The summed E-state index contributed by atoms with van der Waals surface area (Å²) in [7, 11) is -5.28. The van der Waals surface area contributed by atoms with Gasteiger partial charge in [0, 0.05) is 6.42 Å². The third-order valence-corrected chi connectivity index (χ3v) is 13.0. The van der Waals surface area contributed by atoms with Crippen LogP contribution in [0.25, 0.3) is 0 Å². The van der Waals surface area contributed by atoms with Gasteiger partial charge in [0.05, 0.1) is 25.6 Å². The van der Waals surface area contributed by atoms with Crippen LogP contribution in [0, 0.1) is 0 Å². The number of esters is 2. The van der Waals surface area contributed by atoms with E-state index in [4.69, 9.17) is 18.7 Å². The number of carbonyl (C=O) groups excluding carboxylic acids is 3. The van der Waals surface area contributed by atoms with Crippen molar-refractivity contribution in [3.63, 3.8) is 0 Å². The first kappa shape index (κ1) is 61.4. The van der Waals surface area contributed by atoms with Gasteiger partial charge in [-0.25, -0.2) is 4.57 Å². The van der Waals surface area contributed by atoms with Crippen LogP contribution in [-0.4, -0.2) is 92.4 Å². The number of aliphatic hydroxyl groups excluding tert-OH is 3. The first-order valence-electron chi connectivity index (χ1n) is 26.4. The second-order valence-electron chi connectivity index (χ2n) is 18.8. The summed E-state index contributed by atoms with van der Waals surface area (Å²) in [6.07, 6.45) is 26.5. The normalized spacial score (nSPS) is 19.8. The lowest BCUT2D eigenvalue weighted by atomic mass is 9.96. The van der Waals surface area contributed by atoms with Crippen LogP contribution >= 0.6 is 7.82 Å². The highest BCUT2D eigenvalue weighted by atomic mass is 31.2. The lowest BCUT2D eigenvalue weighted by Crippen LogP contribution is -2.65. The fraction of sp³-hybridized carbons (Fsp3) is 0.940. The number of amides is 1. The molecule has 1 saturated heterocycles. The lowest BCUT2D eigenvalue weighted by Gasteiger charge is -2.43. The lowest BCUT2D eigenvalue weighted by molar-refractivity contribution is -0.254.